The Balaban J connectivity index is 2.57. The molecule has 0 fully saturated rings. The molecule has 0 atom stereocenters. The summed E-state index contributed by atoms with van der Waals surface area (Å²) >= 11 is 0. The van der Waals surface area contributed by atoms with Crippen molar-refractivity contribution in [1.82, 2.24) is 5.32 Å². The van der Waals surface area contributed by atoms with Crippen molar-refractivity contribution < 1.29 is 0 Å². The molecular weight excluding hydrogens is 194 g/mol. The van der Waals surface area contributed by atoms with E-state index in [0.717, 1.165) is 6.42 Å². The topological polar surface area (TPSA) is 12.0 Å². The first kappa shape index (κ1) is 13.2. The first-order chi connectivity index (χ1) is 7.57. The lowest BCUT2D eigenvalue weighted by Gasteiger charge is -2.24. The molecule has 1 aromatic carbocycles. The highest BCUT2D eigenvalue weighted by atomic mass is 14.9. The van der Waals surface area contributed by atoms with Gasteiger partial charge in [0.25, 0.3) is 0 Å². The Morgan fingerprint density at radius 1 is 1.06 bits per heavy atom. The van der Waals surface area contributed by atoms with Crippen molar-refractivity contribution in [3.8, 4) is 0 Å². The Bertz CT molecular complexity index is 298. The second kappa shape index (κ2) is 6.05. The van der Waals surface area contributed by atoms with Crippen LogP contribution in [-0.2, 0) is 12.8 Å². The largest absolute Gasteiger partial charge is 0.314 e. The van der Waals surface area contributed by atoms with E-state index in [1.54, 1.807) is 0 Å². The van der Waals surface area contributed by atoms with Gasteiger partial charge in [0.05, 0.1) is 0 Å². The number of rotatable bonds is 6. The Kier molecular flexibility index (Phi) is 5.01. The molecule has 0 spiro atoms. The SMILES string of the molecule is CCCCc1ccc(CC(C)(C)NC)cc1. The molecule has 1 aromatic rings. The number of likely N-dealkylation sites (N-methyl/N-ethyl adjacent to an activating group) is 1. The van der Waals surface area contributed by atoms with Crippen LogP contribution >= 0.6 is 0 Å². The van der Waals surface area contributed by atoms with Crippen molar-refractivity contribution in [3.05, 3.63) is 35.4 Å². The molecule has 0 heterocycles. The van der Waals surface area contributed by atoms with Gasteiger partial charge in [-0.15, -0.1) is 0 Å². The number of nitrogens with one attached hydrogen (secondary N) is 1. The summed E-state index contributed by atoms with van der Waals surface area (Å²) in [5, 5.41) is 3.34. The summed E-state index contributed by atoms with van der Waals surface area (Å²) in [5.41, 5.74) is 3.07. The van der Waals surface area contributed by atoms with Crippen molar-refractivity contribution in [3.63, 3.8) is 0 Å². The number of hydrogen-bond donors (Lipinski definition) is 1. The van der Waals surface area contributed by atoms with Crippen LogP contribution in [0.15, 0.2) is 24.3 Å². The second-order valence-corrected chi connectivity index (χ2v) is 5.23. The molecule has 1 N–H and O–H groups in total. The normalized spacial score (nSPS) is 11.8. The zero-order chi connectivity index (χ0) is 12.0. The smallest absolute Gasteiger partial charge is 0.0162 e. The van der Waals surface area contributed by atoms with Crippen LogP contribution in [0.5, 0.6) is 0 Å². The van der Waals surface area contributed by atoms with Crippen molar-refractivity contribution >= 4 is 0 Å². The molecule has 0 aliphatic rings. The minimum absolute atomic E-state index is 0.185. The number of benzene rings is 1. The summed E-state index contributed by atoms with van der Waals surface area (Å²) in [5.74, 6) is 0. The highest BCUT2D eigenvalue weighted by molar-refractivity contribution is 5.24. The Hall–Kier alpha value is -0.820. The second-order valence-electron chi connectivity index (χ2n) is 5.23. The molecule has 0 saturated carbocycles. The first-order valence-corrected chi connectivity index (χ1v) is 6.34. The monoisotopic (exact) mass is 219 g/mol. The maximum atomic E-state index is 3.34. The van der Waals surface area contributed by atoms with E-state index in [1.165, 1.54) is 30.4 Å². The average molecular weight is 219 g/mol. The molecule has 0 saturated heterocycles. The van der Waals surface area contributed by atoms with Gasteiger partial charge in [-0.25, -0.2) is 0 Å². The van der Waals surface area contributed by atoms with Gasteiger partial charge in [0.15, 0.2) is 0 Å². The molecule has 1 rings (SSSR count). The van der Waals surface area contributed by atoms with E-state index in [0.29, 0.717) is 0 Å². The van der Waals surface area contributed by atoms with Crippen molar-refractivity contribution in [2.75, 3.05) is 7.05 Å². The predicted octanol–water partition coefficient (Wildman–Crippen LogP) is 3.57. The molecule has 0 aromatic heterocycles. The van der Waals surface area contributed by atoms with Crippen LogP contribution in [0.25, 0.3) is 0 Å². The van der Waals surface area contributed by atoms with Crippen LogP contribution in [-0.4, -0.2) is 12.6 Å². The lowest BCUT2D eigenvalue weighted by atomic mass is 9.94. The quantitative estimate of drug-likeness (QED) is 0.771. The summed E-state index contributed by atoms with van der Waals surface area (Å²) in [4.78, 5) is 0. The maximum Gasteiger partial charge on any atom is 0.0162 e. The van der Waals surface area contributed by atoms with E-state index < -0.39 is 0 Å². The zero-order valence-corrected chi connectivity index (χ0v) is 11.1. The molecule has 0 radical (unpaired) electrons. The summed E-state index contributed by atoms with van der Waals surface area (Å²) in [6.45, 7) is 6.71. The van der Waals surface area contributed by atoms with Crippen molar-refractivity contribution in [1.29, 1.82) is 0 Å². The standard InChI is InChI=1S/C15H25N/c1-5-6-7-13-8-10-14(11-9-13)12-15(2,3)16-4/h8-11,16H,5-7,12H2,1-4H3. The van der Waals surface area contributed by atoms with Gasteiger partial charge in [-0.2, -0.15) is 0 Å². The third-order valence-electron chi connectivity index (χ3n) is 3.16. The molecule has 16 heavy (non-hydrogen) atoms. The minimum Gasteiger partial charge on any atom is -0.314 e. The van der Waals surface area contributed by atoms with E-state index in [9.17, 15) is 0 Å². The summed E-state index contributed by atoms with van der Waals surface area (Å²) in [6, 6.07) is 9.08. The molecule has 0 aliphatic heterocycles. The number of hydrogen-bond acceptors (Lipinski definition) is 1. The van der Waals surface area contributed by atoms with Crippen LogP contribution in [0.1, 0.15) is 44.7 Å². The number of unbranched alkanes of at least 4 members (excludes halogenated alkanes) is 1. The molecule has 0 bridgehead atoms. The maximum absolute atomic E-state index is 3.34. The minimum atomic E-state index is 0.185. The molecule has 1 heteroatoms. The average Bonchev–Trinajstić information content (AvgIpc) is 2.28. The van der Waals surface area contributed by atoms with Crippen LogP contribution in [0.4, 0.5) is 0 Å². The fraction of sp³-hybridized carbons (Fsp3) is 0.600. The van der Waals surface area contributed by atoms with Crippen LogP contribution < -0.4 is 5.32 Å². The predicted molar refractivity (Wildman–Crippen MR) is 71.9 cm³/mol. The highest BCUT2D eigenvalue weighted by Crippen LogP contribution is 2.14. The molecule has 1 nitrogen and oxygen atoms in total. The van der Waals surface area contributed by atoms with Gasteiger partial charge in [-0.3, -0.25) is 0 Å². The van der Waals surface area contributed by atoms with E-state index >= 15 is 0 Å². The molecule has 0 amide bonds. The van der Waals surface area contributed by atoms with Gasteiger partial charge in [-0.05, 0) is 51.3 Å². The van der Waals surface area contributed by atoms with Gasteiger partial charge in [0.1, 0.15) is 0 Å². The third kappa shape index (κ3) is 4.36. The highest BCUT2D eigenvalue weighted by Gasteiger charge is 2.14. The number of aryl methyl sites for hydroxylation is 1. The van der Waals surface area contributed by atoms with Crippen molar-refractivity contribution in [2.45, 2.75) is 52.0 Å². The van der Waals surface area contributed by atoms with Crippen LogP contribution in [0, 0.1) is 0 Å². The summed E-state index contributed by atoms with van der Waals surface area (Å²) in [7, 11) is 2.02. The van der Waals surface area contributed by atoms with Gasteiger partial charge in [0, 0.05) is 5.54 Å². The fourth-order valence-corrected chi connectivity index (χ4v) is 1.80. The van der Waals surface area contributed by atoms with Gasteiger partial charge in [-0.1, -0.05) is 37.6 Å². The van der Waals surface area contributed by atoms with E-state index in [2.05, 4.69) is 50.4 Å². The fourth-order valence-electron chi connectivity index (χ4n) is 1.80. The van der Waals surface area contributed by atoms with E-state index in [1.807, 2.05) is 7.05 Å². The lowest BCUT2D eigenvalue weighted by molar-refractivity contribution is 0.422. The van der Waals surface area contributed by atoms with E-state index in [4.69, 9.17) is 0 Å². The zero-order valence-electron chi connectivity index (χ0n) is 11.1. The van der Waals surface area contributed by atoms with Gasteiger partial charge >= 0.3 is 0 Å². The van der Waals surface area contributed by atoms with E-state index in [-0.39, 0.29) is 5.54 Å². The van der Waals surface area contributed by atoms with Crippen LogP contribution in [0.2, 0.25) is 0 Å². The molecule has 0 aliphatic carbocycles. The summed E-state index contributed by atoms with van der Waals surface area (Å²) in [6.07, 6.45) is 4.86. The first-order valence-electron chi connectivity index (χ1n) is 6.34. The lowest BCUT2D eigenvalue weighted by Crippen LogP contribution is -2.38. The van der Waals surface area contributed by atoms with Crippen LogP contribution in [0.3, 0.4) is 0 Å². The third-order valence-corrected chi connectivity index (χ3v) is 3.16. The Morgan fingerprint density at radius 2 is 1.62 bits per heavy atom. The summed E-state index contributed by atoms with van der Waals surface area (Å²) < 4.78 is 0. The van der Waals surface area contributed by atoms with Crippen molar-refractivity contribution in [2.24, 2.45) is 0 Å². The van der Waals surface area contributed by atoms with Gasteiger partial charge < -0.3 is 5.32 Å². The molecule has 90 valence electrons. The Labute approximate surface area is 100 Å². The molecular formula is C15H25N. The molecule has 0 unspecified atom stereocenters. The van der Waals surface area contributed by atoms with Gasteiger partial charge in [0.2, 0.25) is 0 Å². The Morgan fingerprint density at radius 3 is 2.12 bits per heavy atom.